The van der Waals surface area contributed by atoms with E-state index in [1.807, 2.05) is 30.3 Å². The molecule has 0 aromatic heterocycles. The van der Waals surface area contributed by atoms with Gasteiger partial charge in [-0.1, -0.05) is 41.9 Å². The number of benzene rings is 2. The second kappa shape index (κ2) is 8.84. The van der Waals surface area contributed by atoms with E-state index >= 15 is 0 Å². The largest absolute Gasteiger partial charge is 0.417 e. The lowest BCUT2D eigenvalue weighted by molar-refractivity contribution is -0.155. The maximum absolute atomic E-state index is 12.9. The topological polar surface area (TPSA) is 58.6 Å². The first-order valence-corrected chi connectivity index (χ1v) is 9.23. The second-order valence-electron chi connectivity index (χ2n) is 6.55. The number of carbonyl (C=O) groups is 2. The van der Waals surface area contributed by atoms with Gasteiger partial charge in [0.05, 0.1) is 23.6 Å². The number of halogens is 4. The first kappa shape index (κ1) is 21.1. The van der Waals surface area contributed by atoms with E-state index in [9.17, 15) is 22.8 Å². The van der Waals surface area contributed by atoms with Crippen LogP contribution in [-0.2, 0) is 27.0 Å². The van der Waals surface area contributed by atoms with E-state index in [0.29, 0.717) is 13.1 Å². The maximum atomic E-state index is 12.9. The monoisotopic (exact) mass is 426 g/mol. The van der Waals surface area contributed by atoms with Crippen LogP contribution in [0.5, 0.6) is 0 Å². The molecule has 1 N–H and O–H groups in total. The molecule has 9 heteroatoms. The number of hydrogen-bond acceptors (Lipinski definition) is 3. The van der Waals surface area contributed by atoms with Gasteiger partial charge in [-0.2, -0.15) is 13.2 Å². The smallest absolute Gasteiger partial charge is 0.366 e. The first-order valence-electron chi connectivity index (χ1n) is 8.85. The number of ether oxygens (including phenoxy) is 1. The van der Waals surface area contributed by atoms with Crippen molar-refractivity contribution in [1.82, 2.24) is 4.90 Å². The third kappa shape index (κ3) is 5.48. The van der Waals surface area contributed by atoms with Crippen molar-refractivity contribution in [3.05, 3.63) is 64.7 Å². The summed E-state index contributed by atoms with van der Waals surface area (Å²) in [4.78, 5) is 26.5. The fourth-order valence-electron chi connectivity index (χ4n) is 3.00. The van der Waals surface area contributed by atoms with E-state index < -0.39 is 28.8 Å². The van der Waals surface area contributed by atoms with E-state index in [1.54, 1.807) is 4.90 Å². The van der Waals surface area contributed by atoms with Gasteiger partial charge < -0.3 is 15.0 Å². The van der Waals surface area contributed by atoms with Crippen molar-refractivity contribution in [2.24, 2.45) is 0 Å². The van der Waals surface area contributed by atoms with Crippen LogP contribution in [0.15, 0.2) is 48.5 Å². The summed E-state index contributed by atoms with van der Waals surface area (Å²) in [6.07, 6.45) is -5.92. The fraction of sp³-hybridized carbons (Fsp3) is 0.300. The summed E-state index contributed by atoms with van der Waals surface area (Å²) in [7, 11) is 0. The zero-order valence-electron chi connectivity index (χ0n) is 15.2. The number of nitrogens with zero attached hydrogens (tertiary/aromatic N) is 1. The summed E-state index contributed by atoms with van der Waals surface area (Å²) < 4.78 is 44.2. The molecule has 0 radical (unpaired) electrons. The van der Waals surface area contributed by atoms with Gasteiger partial charge in [-0.3, -0.25) is 9.59 Å². The molecule has 154 valence electrons. The molecule has 5 nitrogen and oxygen atoms in total. The molecule has 1 aliphatic heterocycles. The molecule has 1 fully saturated rings. The van der Waals surface area contributed by atoms with E-state index in [4.69, 9.17) is 16.3 Å². The summed E-state index contributed by atoms with van der Waals surface area (Å²) in [6.45, 7) is 1.07. The quantitative estimate of drug-likeness (QED) is 0.782. The van der Waals surface area contributed by atoms with Crippen molar-refractivity contribution < 1.29 is 27.5 Å². The summed E-state index contributed by atoms with van der Waals surface area (Å²) in [5.41, 5.74) is -0.154. The van der Waals surface area contributed by atoms with Crippen LogP contribution in [0.4, 0.5) is 18.9 Å². The highest BCUT2D eigenvalue weighted by atomic mass is 35.5. The minimum absolute atomic E-state index is 0.0591. The van der Waals surface area contributed by atoms with Gasteiger partial charge in [-0.05, 0) is 23.8 Å². The number of carbonyl (C=O) groups excluding carboxylic acids is 2. The zero-order valence-corrected chi connectivity index (χ0v) is 16.0. The highest BCUT2D eigenvalue weighted by Gasteiger charge is 2.34. The van der Waals surface area contributed by atoms with Crippen molar-refractivity contribution in [1.29, 1.82) is 0 Å². The minimum Gasteiger partial charge on any atom is -0.366 e. The molecule has 0 saturated carbocycles. The summed E-state index contributed by atoms with van der Waals surface area (Å²) in [5, 5.41) is 1.91. The number of morpholine rings is 1. The number of rotatable bonds is 5. The predicted molar refractivity (Wildman–Crippen MR) is 101 cm³/mol. The Morgan fingerprint density at radius 2 is 1.93 bits per heavy atom. The Labute approximate surface area is 170 Å². The van der Waals surface area contributed by atoms with Crippen LogP contribution in [0, 0.1) is 0 Å². The summed E-state index contributed by atoms with van der Waals surface area (Å²) >= 11 is 5.57. The third-order valence-electron chi connectivity index (χ3n) is 4.41. The lowest BCUT2D eigenvalue weighted by atomic mass is 10.1. The number of amides is 2. The van der Waals surface area contributed by atoms with E-state index in [0.717, 1.165) is 17.7 Å². The molecule has 0 spiro atoms. The third-order valence-corrected chi connectivity index (χ3v) is 4.74. The molecule has 1 atom stereocenters. The average Bonchev–Trinajstić information content (AvgIpc) is 2.66. The molecule has 0 bridgehead atoms. The van der Waals surface area contributed by atoms with Crippen molar-refractivity contribution in [3.63, 3.8) is 0 Å². The summed E-state index contributed by atoms with van der Waals surface area (Å²) in [6, 6.07) is 12.5. The van der Waals surface area contributed by atoms with E-state index in [-0.39, 0.29) is 24.6 Å². The molecule has 3 rings (SSSR count). The summed E-state index contributed by atoms with van der Waals surface area (Å²) in [5.74, 6) is -0.956. The molecule has 29 heavy (non-hydrogen) atoms. The van der Waals surface area contributed by atoms with Gasteiger partial charge in [0.1, 0.15) is 6.10 Å². The van der Waals surface area contributed by atoms with Crippen molar-refractivity contribution >= 4 is 29.1 Å². The van der Waals surface area contributed by atoms with Crippen molar-refractivity contribution in [3.8, 4) is 0 Å². The number of nitrogens with one attached hydrogen (secondary N) is 1. The molecule has 0 aliphatic carbocycles. The van der Waals surface area contributed by atoms with Crippen LogP contribution in [-0.4, -0.2) is 36.0 Å². The van der Waals surface area contributed by atoms with Crippen LogP contribution in [0.1, 0.15) is 17.5 Å². The predicted octanol–water partition coefficient (Wildman–Crippen LogP) is 4.12. The Morgan fingerprint density at radius 3 is 2.62 bits per heavy atom. The van der Waals surface area contributed by atoms with Gasteiger partial charge in [-0.25, -0.2) is 0 Å². The Morgan fingerprint density at radius 1 is 1.21 bits per heavy atom. The Kier molecular flexibility index (Phi) is 6.44. The average molecular weight is 427 g/mol. The Hall–Kier alpha value is -2.58. The van der Waals surface area contributed by atoms with Gasteiger partial charge in [-0.15, -0.1) is 0 Å². The number of anilines is 1. The molecule has 0 unspecified atom stereocenters. The van der Waals surface area contributed by atoms with Gasteiger partial charge in [0, 0.05) is 18.8 Å². The second-order valence-corrected chi connectivity index (χ2v) is 6.96. The molecular formula is C20H18ClF3N2O3. The molecule has 1 aliphatic rings. The fourth-order valence-corrected chi connectivity index (χ4v) is 3.22. The van der Waals surface area contributed by atoms with Crippen LogP contribution in [0.3, 0.4) is 0 Å². The van der Waals surface area contributed by atoms with Gasteiger partial charge in [0.25, 0.3) is 5.91 Å². The molecule has 2 aromatic rings. The molecular weight excluding hydrogens is 409 g/mol. The molecule has 2 aromatic carbocycles. The standard InChI is InChI=1S/C20H18ClF3N2O3/c21-16-7-6-14(10-15(16)20(22,23)24)25-18(27)11-17-19(28)26(8-9-29-17)12-13-4-2-1-3-5-13/h1-7,10,17H,8-9,11-12H2,(H,25,27)/t17-/m1/s1. The van der Waals surface area contributed by atoms with Crippen LogP contribution < -0.4 is 5.32 Å². The van der Waals surface area contributed by atoms with Gasteiger partial charge in [0.15, 0.2) is 0 Å². The van der Waals surface area contributed by atoms with Gasteiger partial charge >= 0.3 is 6.18 Å². The SMILES string of the molecule is O=C(C[C@H]1OCCN(Cc2ccccc2)C1=O)Nc1ccc(Cl)c(C(F)(F)F)c1. The lowest BCUT2D eigenvalue weighted by Crippen LogP contribution is -2.48. The number of alkyl halides is 3. The molecule has 1 heterocycles. The van der Waals surface area contributed by atoms with Crippen LogP contribution in [0.25, 0.3) is 0 Å². The first-order chi connectivity index (χ1) is 13.7. The minimum atomic E-state index is -4.64. The highest BCUT2D eigenvalue weighted by Crippen LogP contribution is 2.36. The van der Waals surface area contributed by atoms with E-state index in [2.05, 4.69) is 5.32 Å². The number of hydrogen-bond donors (Lipinski definition) is 1. The molecule has 2 amide bonds. The van der Waals surface area contributed by atoms with Gasteiger partial charge in [0.2, 0.25) is 5.91 Å². The normalized spacial score (nSPS) is 17.3. The highest BCUT2D eigenvalue weighted by molar-refractivity contribution is 6.31. The van der Waals surface area contributed by atoms with Crippen LogP contribution >= 0.6 is 11.6 Å². The zero-order chi connectivity index (χ0) is 21.0. The Bertz CT molecular complexity index is 890. The lowest BCUT2D eigenvalue weighted by Gasteiger charge is -2.32. The Balaban J connectivity index is 1.62. The maximum Gasteiger partial charge on any atom is 0.417 e. The molecule has 1 saturated heterocycles. The van der Waals surface area contributed by atoms with Crippen molar-refractivity contribution in [2.45, 2.75) is 25.2 Å². The van der Waals surface area contributed by atoms with Crippen molar-refractivity contribution in [2.75, 3.05) is 18.5 Å². The van der Waals surface area contributed by atoms with Crippen LogP contribution in [0.2, 0.25) is 5.02 Å². The van der Waals surface area contributed by atoms with E-state index in [1.165, 1.54) is 6.07 Å².